The van der Waals surface area contributed by atoms with E-state index in [-0.39, 0.29) is 5.91 Å². The van der Waals surface area contributed by atoms with Crippen LogP contribution >= 0.6 is 11.6 Å². The summed E-state index contributed by atoms with van der Waals surface area (Å²) in [6.45, 7) is 4.30. The summed E-state index contributed by atoms with van der Waals surface area (Å²) in [7, 11) is 0. The van der Waals surface area contributed by atoms with Crippen LogP contribution in [0.4, 0.5) is 17.5 Å². The van der Waals surface area contributed by atoms with Gasteiger partial charge in [0.1, 0.15) is 0 Å². The number of amides is 1. The molecule has 0 atom stereocenters. The molecule has 0 radical (unpaired) electrons. The van der Waals surface area contributed by atoms with Gasteiger partial charge in [0.2, 0.25) is 11.9 Å². The van der Waals surface area contributed by atoms with Crippen LogP contribution in [0.2, 0.25) is 5.02 Å². The highest BCUT2D eigenvalue weighted by Gasteiger charge is 2.20. The van der Waals surface area contributed by atoms with E-state index in [1.807, 2.05) is 28.0 Å². The van der Waals surface area contributed by atoms with E-state index in [4.69, 9.17) is 11.6 Å². The number of anilines is 3. The SMILES string of the molecule is CC(=O)N1CCN(c2nncc(Nc3ccccc3Cl)n2)CC1. The Balaban J connectivity index is 1.71. The fourth-order valence-corrected chi connectivity index (χ4v) is 2.59. The van der Waals surface area contributed by atoms with Gasteiger partial charge in [-0.15, -0.1) is 5.10 Å². The molecule has 1 aliphatic rings. The first-order valence-electron chi connectivity index (χ1n) is 7.35. The lowest BCUT2D eigenvalue weighted by Gasteiger charge is -2.33. The number of hydrogen-bond acceptors (Lipinski definition) is 6. The summed E-state index contributed by atoms with van der Waals surface area (Å²) < 4.78 is 0. The zero-order valence-corrected chi connectivity index (χ0v) is 13.5. The first-order valence-corrected chi connectivity index (χ1v) is 7.73. The predicted molar refractivity (Wildman–Crippen MR) is 89.0 cm³/mol. The van der Waals surface area contributed by atoms with E-state index in [2.05, 4.69) is 20.5 Å². The maximum atomic E-state index is 11.4. The minimum Gasteiger partial charge on any atom is -0.339 e. The van der Waals surface area contributed by atoms with Gasteiger partial charge in [0, 0.05) is 33.1 Å². The molecule has 1 saturated heterocycles. The maximum Gasteiger partial charge on any atom is 0.247 e. The Bertz CT molecular complexity index is 702. The van der Waals surface area contributed by atoms with Crippen molar-refractivity contribution in [1.82, 2.24) is 20.1 Å². The highest BCUT2D eigenvalue weighted by molar-refractivity contribution is 6.33. The van der Waals surface area contributed by atoms with Crippen molar-refractivity contribution in [2.75, 3.05) is 36.4 Å². The van der Waals surface area contributed by atoms with Crippen molar-refractivity contribution in [3.63, 3.8) is 0 Å². The maximum absolute atomic E-state index is 11.4. The van der Waals surface area contributed by atoms with E-state index in [1.54, 1.807) is 19.2 Å². The van der Waals surface area contributed by atoms with E-state index in [0.717, 1.165) is 5.69 Å². The molecule has 1 aromatic carbocycles. The minimum absolute atomic E-state index is 0.0952. The van der Waals surface area contributed by atoms with Crippen molar-refractivity contribution in [2.45, 2.75) is 6.92 Å². The fourth-order valence-electron chi connectivity index (χ4n) is 2.41. The molecule has 3 rings (SSSR count). The lowest BCUT2D eigenvalue weighted by atomic mass is 10.3. The summed E-state index contributed by atoms with van der Waals surface area (Å²) in [6, 6.07) is 7.44. The molecule has 0 aliphatic carbocycles. The van der Waals surface area contributed by atoms with Gasteiger partial charge in [-0.25, -0.2) is 0 Å². The summed E-state index contributed by atoms with van der Waals surface area (Å²) in [6.07, 6.45) is 1.55. The van der Waals surface area contributed by atoms with Gasteiger partial charge in [-0.05, 0) is 12.1 Å². The third-order valence-electron chi connectivity index (χ3n) is 3.69. The van der Waals surface area contributed by atoms with Crippen molar-refractivity contribution < 1.29 is 4.79 Å². The number of piperazine rings is 1. The van der Waals surface area contributed by atoms with Gasteiger partial charge < -0.3 is 15.1 Å². The molecular formula is C15H17ClN6O. The van der Waals surface area contributed by atoms with E-state index in [0.29, 0.717) is 43.0 Å². The first-order chi connectivity index (χ1) is 11.1. The molecular weight excluding hydrogens is 316 g/mol. The normalized spacial score (nSPS) is 14.7. The molecule has 1 aliphatic heterocycles. The molecule has 1 amide bonds. The zero-order chi connectivity index (χ0) is 16.2. The number of carbonyl (C=O) groups excluding carboxylic acids is 1. The fraction of sp³-hybridized carbons (Fsp3) is 0.333. The Morgan fingerprint density at radius 1 is 1.22 bits per heavy atom. The number of rotatable bonds is 3. The van der Waals surface area contributed by atoms with Gasteiger partial charge in [-0.1, -0.05) is 23.7 Å². The molecule has 23 heavy (non-hydrogen) atoms. The lowest BCUT2D eigenvalue weighted by molar-refractivity contribution is -0.129. The van der Waals surface area contributed by atoms with Crippen LogP contribution in [0.5, 0.6) is 0 Å². The van der Waals surface area contributed by atoms with Crippen molar-refractivity contribution in [2.24, 2.45) is 0 Å². The molecule has 2 heterocycles. The standard InChI is InChI=1S/C15H17ClN6O/c1-11(23)21-6-8-22(9-7-21)15-19-14(10-17-20-15)18-13-5-3-2-4-12(13)16/h2-5,10H,6-9H2,1H3,(H,18,19,20). The number of hydrogen-bond donors (Lipinski definition) is 1. The third-order valence-corrected chi connectivity index (χ3v) is 4.02. The second-order valence-electron chi connectivity index (χ2n) is 5.24. The molecule has 2 aromatic rings. The number of para-hydroxylation sites is 1. The summed E-state index contributed by atoms with van der Waals surface area (Å²) in [5.41, 5.74) is 0.766. The average Bonchev–Trinajstić information content (AvgIpc) is 2.57. The highest BCUT2D eigenvalue weighted by atomic mass is 35.5. The van der Waals surface area contributed by atoms with Crippen LogP contribution in [0.3, 0.4) is 0 Å². The Kier molecular flexibility index (Phi) is 4.57. The number of halogens is 1. The number of nitrogens with one attached hydrogen (secondary N) is 1. The molecule has 0 bridgehead atoms. The second-order valence-corrected chi connectivity index (χ2v) is 5.65. The monoisotopic (exact) mass is 332 g/mol. The Morgan fingerprint density at radius 2 is 1.96 bits per heavy atom. The second kappa shape index (κ2) is 6.78. The minimum atomic E-state index is 0.0952. The molecule has 0 saturated carbocycles. The van der Waals surface area contributed by atoms with Crippen LogP contribution in [0.1, 0.15) is 6.92 Å². The van der Waals surface area contributed by atoms with Crippen LogP contribution in [0, 0.1) is 0 Å². The van der Waals surface area contributed by atoms with E-state index in [9.17, 15) is 4.79 Å². The smallest absolute Gasteiger partial charge is 0.247 e. The molecule has 8 heteroatoms. The molecule has 0 spiro atoms. The van der Waals surface area contributed by atoms with Gasteiger partial charge in [0.25, 0.3) is 0 Å². The predicted octanol–water partition coefficient (Wildman–Crippen LogP) is 1.94. The molecule has 120 valence electrons. The van der Waals surface area contributed by atoms with Gasteiger partial charge >= 0.3 is 0 Å². The number of carbonyl (C=O) groups is 1. The van der Waals surface area contributed by atoms with Crippen molar-refractivity contribution in [1.29, 1.82) is 0 Å². The van der Waals surface area contributed by atoms with Gasteiger partial charge in [-0.3, -0.25) is 4.79 Å². The molecule has 1 N–H and O–H groups in total. The van der Waals surface area contributed by atoms with Crippen molar-refractivity contribution >= 4 is 35.0 Å². The van der Waals surface area contributed by atoms with E-state index < -0.39 is 0 Å². The lowest BCUT2D eigenvalue weighted by Crippen LogP contribution is -2.48. The van der Waals surface area contributed by atoms with Gasteiger partial charge in [0.05, 0.1) is 16.9 Å². The van der Waals surface area contributed by atoms with Crippen LogP contribution in [0.25, 0.3) is 0 Å². The van der Waals surface area contributed by atoms with E-state index >= 15 is 0 Å². The van der Waals surface area contributed by atoms with Crippen LogP contribution in [0.15, 0.2) is 30.5 Å². The summed E-state index contributed by atoms with van der Waals surface area (Å²) in [5.74, 6) is 1.22. The van der Waals surface area contributed by atoms with Crippen LogP contribution < -0.4 is 10.2 Å². The molecule has 0 unspecified atom stereocenters. The zero-order valence-electron chi connectivity index (χ0n) is 12.7. The topological polar surface area (TPSA) is 74.2 Å². The number of aromatic nitrogens is 3. The van der Waals surface area contributed by atoms with Crippen LogP contribution in [-0.4, -0.2) is 52.2 Å². The Labute approximate surface area is 139 Å². The van der Waals surface area contributed by atoms with Crippen molar-refractivity contribution in [3.05, 3.63) is 35.5 Å². The molecule has 1 fully saturated rings. The van der Waals surface area contributed by atoms with Gasteiger partial charge in [-0.2, -0.15) is 10.1 Å². The molecule has 7 nitrogen and oxygen atoms in total. The van der Waals surface area contributed by atoms with Crippen molar-refractivity contribution in [3.8, 4) is 0 Å². The summed E-state index contributed by atoms with van der Waals surface area (Å²) in [4.78, 5) is 19.7. The average molecular weight is 333 g/mol. The largest absolute Gasteiger partial charge is 0.339 e. The molecule has 1 aromatic heterocycles. The summed E-state index contributed by atoms with van der Waals surface area (Å²) in [5, 5.41) is 11.8. The first kappa shape index (κ1) is 15.5. The summed E-state index contributed by atoms with van der Waals surface area (Å²) >= 11 is 6.13. The third kappa shape index (κ3) is 3.68. The number of benzene rings is 1. The Hall–Kier alpha value is -2.41. The van der Waals surface area contributed by atoms with Gasteiger partial charge in [0.15, 0.2) is 5.82 Å². The Morgan fingerprint density at radius 3 is 2.65 bits per heavy atom. The number of nitrogens with zero attached hydrogens (tertiary/aromatic N) is 5. The van der Waals surface area contributed by atoms with E-state index in [1.165, 1.54) is 0 Å². The quantitative estimate of drug-likeness (QED) is 0.926. The van der Waals surface area contributed by atoms with Crippen LogP contribution in [-0.2, 0) is 4.79 Å². The highest BCUT2D eigenvalue weighted by Crippen LogP contribution is 2.24.